The normalized spacial score (nSPS) is 48.4. The van der Waals surface area contributed by atoms with E-state index < -0.39 is 10.0 Å². The Morgan fingerprint density at radius 2 is 1.68 bits per heavy atom. The maximum absolute atomic E-state index is 12.4. The van der Waals surface area contributed by atoms with Crippen molar-refractivity contribution in [1.29, 1.82) is 0 Å². The number of sulfonamides is 1. The summed E-state index contributed by atoms with van der Waals surface area (Å²) < 4.78 is 26.2. The summed E-state index contributed by atoms with van der Waals surface area (Å²) in [4.78, 5) is 12.4. The van der Waals surface area contributed by atoms with Gasteiger partial charge in [0.1, 0.15) is 6.61 Å². The second-order valence-electron chi connectivity index (χ2n) is 10.8. The van der Waals surface area contributed by atoms with Crippen LogP contribution < -0.4 is 4.72 Å². The summed E-state index contributed by atoms with van der Waals surface area (Å²) in [7, 11) is -3.14. The van der Waals surface area contributed by atoms with Crippen molar-refractivity contribution in [3.8, 4) is 0 Å². The summed E-state index contributed by atoms with van der Waals surface area (Å²) in [6, 6.07) is 0.0940. The van der Waals surface area contributed by atoms with Crippen LogP contribution in [0.5, 0.6) is 0 Å². The molecule has 0 unspecified atom stereocenters. The van der Waals surface area contributed by atoms with Crippen LogP contribution >= 0.6 is 0 Å². The van der Waals surface area contributed by atoms with E-state index in [4.69, 9.17) is 0 Å². The number of hydrogen-bond donors (Lipinski definition) is 2. The summed E-state index contributed by atoms with van der Waals surface area (Å²) >= 11 is 0. The Labute approximate surface area is 170 Å². The quantitative estimate of drug-likeness (QED) is 0.744. The largest absolute Gasteiger partial charge is 0.389 e. The van der Waals surface area contributed by atoms with Crippen LogP contribution in [0, 0.1) is 40.4 Å². The lowest BCUT2D eigenvalue weighted by Crippen LogP contribution is -2.55. The van der Waals surface area contributed by atoms with Gasteiger partial charge in [-0.05, 0) is 92.3 Å². The first-order valence-corrected chi connectivity index (χ1v) is 13.1. The van der Waals surface area contributed by atoms with E-state index >= 15 is 0 Å². The Morgan fingerprint density at radius 1 is 1.00 bits per heavy atom. The molecule has 0 aliphatic heterocycles. The Kier molecular flexibility index (Phi) is 5.24. The highest BCUT2D eigenvalue weighted by atomic mass is 32.2. The first kappa shape index (κ1) is 20.8. The lowest BCUT2D eigenvalue weighted by molar-refractivity contribution is -0.138. The van der Waals surface area contributed by atoms with Crippen molar-refractivity contribution in [3.63, 3.8) is 0 Å². The van der Waals surface area contributed by atoms with Crippen LogP contribution in [0.15, 0.2) is 0 Å². The summed E-state index contributed by atoms with van der Waals surface area (Å²) in [6.45, 7) is 4.48. The van der Waals surface area contributed by atoms with Gasteiger partial charge in [0, 0.05) is 12.0 Å². The molecule has 4 rings (SSSR count). The highest BCUT2D eigenvalue weighted by molar-refractivity contribution is 7.88. The van der Waals surface area contributed by atoms with Gasteiger partial charge in [0.2, 0.25) is 10.0 Å². The molecule has 4 aliphatic carbocycles. The smallest absolute Gasteiger partial charge is 0.208 e. The molecular formula is C22H37NO4S. The fraction of sp³-hybridized carbons (Fsp3) is 0.955. The summed E-state index contributed by atoms with van der Waals surface area (Å²) in [6.07, 6.45) is 11.1. The molecule has 0 radical (unpaired) electrons. The monoisotopic (exact) mass is 411 g/mol. The number of aliphatic hydroxyl groups excluding tert-OH is 1. The lowest BCUT2D eigenvalue weighted by Gasteiger charge is -2.61. The number of carbonyl (C=O) groups is 1. The van der Waals surface area contributed by atoms with Crippen LogP contribution in [0.2, 0.25) is 0 Å². The number of ketones is 1. The van der Waals surface area contributed by atoms with Gasteiger partial charge in [-0.25, -0.2) is 13.1 Å². The van der Waals surface area contributed by atoms with Crippen LogP contribution in [0.3, 0.4) is 0 Å². The molecule has 28 heavy (non-hydrogen) atoms. The third-order valence-electron chi connectivity index (χ3n) is 9.59. The topological polar surface area (TPSA) is 83.5 Å². The average Bonchev–Trinajstić information content (AvgIpc) is 2.97. The summed E-state index contributed by atoms with van der Waals surface area (Å²) in [5.41, 5.74) is 0.373. The number of rotatable bonds is 4. The maximum atomic E-state index is 12.4. The third-order valence-corrected chi connectivity index (χ3v) is 10.4. The fourth-order valence-electron chi connectivity index (χ4n) is 8.31. The molecule has 0 aromatic heterocycles. The highest BCUT2D eigenvalue weighted by Crippen LogP contribution is 2.67. The minimum absolute atomic E-state index is 0.0451. The molecule has 0 aromatic rings. The Hall–Kier alpha value is -0.460. The van der Waals surface area contributed by atoms with Crippen molar-refractivity contribution in [2.45, 2.75) is 77.7 Å². The predicted molar refractivity (Wildman–Crippen MR) is 109 cm³/mol. The van der Waals surface area contributed by atoms with Gasteiger partial charge in [-0.15, -0.1) is 0 Å². The molecule has 2 N–H and O–H groups in total. The Balaban J connectivity index is 1.52. The Bertz CT molecular complexity index is 737. The first-order chi connectivity index (χ1) is 13.1. The van der Waals surface area contributed by atoms with Crippen molar-refractivity contribution in [2.24, 2.45) is 40.4 Å². The van der Waals surface area contributed by atoms with E-state index in [1.165, 1.54) is 25.5 Å². The molecule has 0 bridgehead atoms. The molecule has 0 saturated heterocycles. The third kappa shape index (κ3) is 3.27. The van der Waals surface area contributed by atoms with Crippen LogP contribution in [0.4, 0.5) is 0 Å². The molecule has 0 aromatic carbocycles. The van der Waals surface area contributed by atoms with E-state index in [2.05, 4.69) is 18.6 Å². The standard InChI is InChI=1S/C22H37NO4S/c1-21-10-8-15(23-28(3,26)27)12-14(21)4-5-16-17-6-7-19(20(25)13-24)22(17,2)11-9-18(16)21/h14-19,23-24H,4-13H2,1-3H3/t14-,15-,16-,17-,18-,19+,21-,22-/m0/s1. The Morgan fingerprint density at radius 3 is 2.36 bits per heavy atom. The van der Waals surface area contributed by atoms with Crippen molar-refractivity contribution in [2.75, 3.05) is 12.9 Å². The van der Waals surface area contributed by atoms with E-state index in [1.807, 2.05) is 0 Å². The maximum Gasteiger partial charge on any atom is 0.208 e. The number of nitrogens with one attached hydrogen (secondary N) is 1. The minimum Gasteiger partial charge on any atom is -0.389 e. The SMILES string of the molecule is C[C@]12CC[C@H](NS(C)(=O)=O)C[C@@H]1CC[C@@H]1[C@@H]2CC[C@]2(C)[C@@H](C(=O)CO)CC[C@@H]12. The van der Waals surface area contributed by atoms with Crippen LogP contribution in [0.25, 0.3) is 0 Å². The van der Waals surface area contributed by atoms with Gasteiger partial charge in [-0.2, -0.15) is 0 Å². The molecule has 4 fully saturated rings. The van der Waals surface area contributed by atoms with Gasteiger partial charge < -0.3 is 5.11 Å². The van der Waals surface area contributed by atoms with E-state index in [-0.39, 0.29) is 29.8 Å². The molecular weight excluding hydrogens is 374 g/mol. The first-order valence-electron chi connectivity index (χ1n) is 11.2. The number of Topliss-reactive ketones (excluding diaryl/α,β-unsaturated/α-hetero) is 1. The lowest BCUT2D eigenvalue weighted by atomic mass is 9.44. The molecule has 0 spiro atoms. The fourth-order valence-corrected chi connectivity index (χ4v) is 9.13. The molecule has 0 heterocycles. The van der Waals surface area contributed by atoms with E-state index in [9.17, 15) is 18.3 Å². The van der Waals surface area contributed by atoms with Crippen molar-refractivity contribution in [3.05, 3.63) is 0 Å². The van der Waals surface area contributed by atoms with Crippen LogP contribution in [0.1, 0.15) is 71.6 Å². The summed E-state index contributed by atoms with van der Waals surface area (Å²) in [5.74, 6) is 2.69. The van der Waals surface area contributed by atoms with E-state index in [1.54, 1.807) is 0 Å². The zero-order chi connectivity index (χ0) is 20.3. The van der Waals surface area contributed by atoms with Crippen LogP contribution in [-0.4, -0.2) is 38.2 Å². The van der Waals surface area contributed by atoms with Gasteiger partial charge in [0.15, 0.2) is 5.78 Å². The second-order valence-corrected chi connectivity index (χ2v) is 12.6. The van der Waals surface area contributed by atoms with E-state index in [0.29, 0.717) is 29.1 Å². The predicted octanol–water partition coefficient (Wildman–Crippen LogP) is 3.12. The molecule has 4 aliphatic rings. The highest BCUT2D eigenvalue weighted by Gasteiger charge is 2.61. The number of carbonyl (C=O) groups excluding carboxylic acids is 1. The number of hydrogen-bond acceptors (Lipinski definition) is 4. The van der Waals surface area contributed by atoms with Gasteiger partial charge in [-0.3, -0.25) is 4.79 Å². The van der Waals surface area contributed by atoms with Gasteiger partial charge in [0.05, 0.1) is 6.26 Å². The van der Waals surface area contributed by atoms with Crippen LogP contribution in [-0.2, 0) is 14.8 Å². The zero-order valence-electron chi connectivity index (χ0n) is 17.6. The van der Waals surface area contributed by atoms with Crippen molar-refractivity contribution >= 4 is 15.8 Å². The number of fused-ring (bicyclic) bond motifs is 5. The molecule has 5 nitrogen and oxygen atoms in total. The molecule has 160 valence electrons. The molecule has 8 atom stereocenters. The molecule has 0 amide bonds. The van der Waals surface area contributed by atoms with Crippen molar-refractivity contribution in [1.82, 2.24) is 4.72 Å². The zero-order valence-corrected chi connectivity index (χ0v) is 18.4. The average molecular weight is 412 g/mol. The van der Waals surface area contributed by atoms with Gasteiger partial charge in [-0.1, -0.05) is 13.8 Å². The second kappa shape index (κ2) is 7.05. The molecule has 4 saturated carbocycles. The van der Waals surface area contributed by atoms with Crippen molar-refractivity contribution < 1.29 is 18.3 Å². The van der Waals surface area contributed by atoms with E-state index in [0.717, 1.165) is 38.5 Å². The number of aliphatic hydroxyl groups is 1. The van der Waals surface area contributed by atoms with Gasteiger partial charge in [0.25, 0.3) is 0 Å². The minimum atomic E-state index is -3.14. The summed E-state index contributed by atoms with van der Waals surface area (Å²) in [5, 5.41) is 9.43. The molecule has 6 heteroatoms. The van der Waals surface area contributed by atoms with Gasteiger partial charge >= 0.3 is 0 Å².